The molecule has 2 nitrogen and oxygen atoms in total. The molecule has 0 aromatic heterocycles. The molecule has 1 aromatic rings. The lowest BCUT2D eigenvalue weighted by Crippen LogP contribution is -2.26. The third-order valence-corrected chi connectivity index (χ3v) is 1.95. The largest absolute Gasteiger partial charge is 0.486 e. The van der Waals surface area contributed by atoms with Crippen LogP contribution in [0.5, 0.6) is 5.75 Å². The van der Waals surface area contributed by atoms with Crippen molar-refractivity contribution in [3.63, 3.8) is 0 Å². The van der Waals surface area contributed by atoms with Crippen molar-refractivity contribution in [3.05, 3.63) is 30.3 Å². The number of benzene rings is 1. The lowest BCUT2D eigenvalue weighted by Gasteiger charge is -2.16. The number of hydrogen-bond donors (Lipinski definition) is 0. The predicted molar refractivity (Wildman–Crippen MR) is 56.4 cm³/mol. The summed E-state index contributed by atoms with van der Waals surface area (Å²) >= 11 is 0. The number of ketones is 1. The average molecular weight is 192 g/mol. The van der Waals surface area contributed by atoms with Gasteiger partial charge in [0.1, 0.15) is 12.4 Å². The standard InChI is InChI=1S/C12H16O2/c1-12(2,3)11(13)9-14-10-7-5-4-6-8-10/h4-8H,9H2,1-3H3. The highest BCUT2D eigenvalue weighted by Gasteiger charge is 2.21. The van der Waals surface area contributed by atoms with Gasteiger partial charge in [-0.25, -0.2) is 0 Å². The van der Waals surface area contributed by atoms with Gasteiger partial charge in [-0.05, 0) is 12.1 Å². The van der Waals surface area contributed by atoms with E-state index in [4.69, 9.17) is 4.74 Å². The minimum atomic E-state index is -0.325. The van der Waals surface area contributed by atoms with E-state index in [1.54, 1.807) is 0 Å². The summed E-state index contributed by atoms with van der Waals surface area (Å²) in [6, 6.07) is 9.37. The Hall–Kier alpha value is -1.31. The molecule has 2 heteroatoms. The van der Waals surface area contributed by atoms with Crippen LogP contribution in [0.2, 0.25) is 0 Å². The van der Waals surface area contributed by atoms with Crippen molar-refractivity contribution in [2.24, 2.45) is 5.41 Å². The zero-order valence-corrected chi connectivity index (χ0v) is 8.91. The summed E-state index contributed by atoms with van der Waals surface area (Å²) in [5, 5.41) is 0. The second-order valence-corrected chi connectivity index (χ2v) is 4.27. The van der Waals surface area contributed by atoms with Crippen LogP contribution in [-0.4, -0.2) is 12.4 Å². The molecular formula is C12H16O2. The first kappa shape index (κ1) is 10.8. The molecule has 0 bridgehead atoms. The molecule has 0 fully saturated rings. The lowest BCUT2D eigenvalue weighted by molar-refractivity contribution is -0.128. The van der Waals surface area contributed by atoms with Gasteiger partial charge in [0.2, 0.25) is 0 Å². The maximum absolute atomic E-state index is 11.5. The quantitative estimate of drug-likeness (QED) is 0.736. The molecule has 0 unspecified atom stereocenters. The Kier molecular flexibility index (Phi) is 3.28. The van der Waals surface area contributed by atoms with Crippen LogP contribution in [0.4, 0.5) is 0 Å². The topological polar surface area (TPSA) is 26.3 Å². The maximum atomic E-state index is 11.5. The lowest BCUT2D eigenvalue weighted by atomic mass is 9.91. The highest BCUT2D eigenvalue weighted by molar-refractivity contribution is 5.85. The van der Waals surface area contributed by atoms with Crippen molar-refractivity contribution in [1.29, 1.82) is 0 Å². The van der Waals surface area contributed by atoms with Crippen LogP contribution in [0.3, 0.4) is 0 Å². The Balaban J connectivity index is 2.46. The Morgan fingerprint density at radius 3 is 2.29 bits per heavy atom. The van der Waals surface area contributed by atoms with Crippen molar-refractivity contribution < 1.29 is 9.53 Å². The number of rotatable bonds is 3. The van der Waals surface area contributed by atoms with Gasteiger partial charge in [-0.2, -0.15) is 0 Å². The van der Waals surface area contributed by atoms with Crippen molar-refractivity contribution in [2.75, 3.05) is 6.61 Å². The van der Waals surface area contributed by atoms with Crippen molar-refractivity contribution in [2.45, 2.75) is 20.8 Å². The zero-order chi connectivity index (χ0) is 10.6. The molecule has 0 amide bonds. The van der Waals surface area contributed by atoms with Gasteiger partial charge in [-0.15, -0.1) is 0 Å². The van der Waals surface area contributed by atoms with E-state index in [0.717, 1.165) is 5.75 Å². The second-order valence-electron chi connectivity index (χ2n) is 4.27. The van der Waals surface area contributed by atoms with Crippen LogP contribution in [0, 0.1) is 5.41 Å². The number of hydrogen-bond acceptors (Lipinski definition) is 2. The summed E-state index contributed by atoms with van der Waals surface area (Å²) in [6.45, 7) is 5.82. The number of ether oxygens (including phenoxy) is 1. The predicted octanol–water partition coefficient (Wildman–Crippen LogP) is 2.68. The summed E-state index contributed by atoms with van der Waals surface area (Å²) < 4.78 is 5.34. The van der Waals surface area contributed by atoms with E-state index in [2.05, 4.69) is 0 Å². The fourth-order valence-electron chi connectivity index (χ4n) is 0.882. The summed E-state index contributed by atoms with van der Waals surface area (Å²) in [6.07, 6.45) is 0. The third-order valence-electron chi connectivity index (χ3n) is 1.95. The minimum Gasteiger partial charge on any atom is -0.486 e. The maximum Gasteiger partial charge on any atom is 0.175 e. The van der Waals surface area contributed by atoms with E-state index in [1.807, 2.05) is 51.1 Å². The second kappa shape index (κ2) is 4.27. The Labute approximate surface area is 84.9 Å². The van der Waals surface area contributed by atoms with E-state index < -0.39 is 0 Å². The van der Waals surface area contributed by atoms with E-state index in [1.165, 1.54) is 0 Å². The molecule has 0 aliphatic heterocycles. The summed E-state index contributed by atoms with van der Waals surface area (Å²) in [4.78, 5) is 11.5. The highest BCUT2D eigenvalue weighted by Crippen LogP contribution is 2.16. The molecule has 0 saturated carbocycles. The zero-order valence-electron chi connectivity index (χ0n) is 8.91. The van der Waals surface area contributed by atoms with E-state index in [9.17, 15) is 4.79 Å². The number of carbonyl (C=O) groups is 1. The molecule has 0 atom stereocenters. The molecule has 0 aliphatic carbocycles. The first-order chi connectivity index (χ1) is 6.50. The molecule has 0 heterocycles. The first-order valence-corrected chi connectivity index (χ1v) is 4.71. The third kappa shape index (κ3) is 3.21. The molecule has 76 valence electrons. The highest BCUT2D eigenvalue weighted by atomic mass is 16.5. The van der Waals surface area contributed by atoms with Gasteiger partial charge in [0.15, 0.2) is 5.78 Å². The number of Topliss-reactive ketones (excluding diaryl/α,β-unsaturated/α-hetero) is 1. The molecule has 14 heavy (non-hydrogen) atoms. The van der Waals surface area contributed by atoms with Crippen LogP contribution < -0.4 is 4.74 Å². The first-order valence-electron chi connectivity index (χ1n) is 4.71. The fourth-order valence-corrected chi connectivity index (χ4v) is 0.882. The minimum absolute atomic E-state index is 0.112. The molecule has 0 N–H and O–H groups in total. The molecule has 0 aliphatic rings. The van der Waals surface area contributed by atoms with Gasteiger partial charge in [0.05, 0.1) is 0 Å². The van der Waals surface area contributed by atoms with Crippen LogP contribution in [0.1, 0.15) is 20.8 Å². The summed E-state index contributed by atoms with van der Waals surface area (Å²) in [5.74, 6) is 0.853. The normalized spacial score (nSPS) is 11.1. The number of carbonyl (C=O) groups excluding carboxylic acids is 1. The van der Waals surface area contributed by atoms with Crippen molar-refractivity contribution >= 4 is 5.78 Å². The monoisotopic (exact) mass is 192 g/mol. The summed E-state index contributed by atoms with van der Waals surface area (Å²) in [5.41, 5.74) is -0.325. The van der Waals surface area contributed by atoms with Gasteiger partial charge < -0.3 is 4.74 Å². The van der Waals surface area contributed by atoms with Gasteiger partial charge in [0.25, 0.3) is 0 Å². The molecule has 0 spiro atoms. The summed E-state index contributed by atoms with van der Waals surface area (Å²) in [7, 11) is 0. The van der Waals surface area contributed by atoms with Gasteiger partial charge in [-0.1, -0.05) is 39.0 Å². The van der Waals surface area contributed by atoms with Crippen molar-refractivity contribution in [1.82, 2.24) is 0 Å². The molecule has 0 saturated heterocycles. The smallest absolute Gasteiger partial charge is 0.175 e. The van der Waals surface area contributed by atoms with Crippen LogP contribution in [-0.2, 0) is 4.79 Å². The average Bonchev–Trinajstić information content (AvgIpc) is 2.14. The SMILES string of the molecule is CC(C)(C)C(=O)COc1ccccc1. The van der Waals surface area contributed by atoms with Crippen molar-refractivity contribution in [3.8, 4) is 5.75 Å². The van der Waals surface area contributed by atoms with Crippen LogP contribution in [0.15, 0.2) is 30.3 Å². The molecule has 0 radical (unpaired) electrons. The van der Waals surface area contributed by atoms with Crippen LogP contribution >= 0.6 is 0 Å². The molecular weight excluding hydrogens is 176 g/mol. The van der Waals surface area contributed by atoms with Gasteiger partial charge >= 0.3 is 0 Å². The van der Waals surface area contributed by atoms with E-state index in [0.29, 0.717) is 0 Å². The Morgan fingerprint density at radius 2 is 1.79 bits per heavy atom. The van der Waals surface area contributed by atoms with Gasteiger partial charge in [0, 0.05) is 5.41 Å². The van der Waals surface area contributed by atoms with E-state index >= 15 is 0 Å². The van der Waals surface area contributed by atoms with Gasteiger partial charge in [-0.3, -0.25) is 4.79 Å². The number of para-hydroxylation sites is 1. The fraction of sp³-hybridized carbons (Fsp3) is 0.417. The molecule has 1 aromatic carbocycles. The van der Waals surface area contributed by atoms with Crippen LogP contribution in [0.25, 0.3) is 0 Å². The van der Waals surface area contributed by atoms with E-state index in [-0.39, 0.29) is 17.8 Å². The Bertz CT molecular complexity index is 296. The Morgan fingerprint density at radius 1 is 1.21 bits per heavy atom. The molecule has 1 rings (SSSR count).